The number of allylic oxidation sites excluding steroid dienone is 4. The van der Waals surface area contributed by atoms with Crippen LogP contribution in [-0.4, -0.2) is 29.5 Å². The molecule has 1 amide bonds. The Balaban J connectivity index is 1.29. The second kappa shape index (κ2) is 10.7. The van der Waals surface area contributed by atoms with Crippen molar-refractivity contribution in [3.63, 3.8) is 0 Å². The lowest BCUT2D eigenvalue weighted by Gasteiger charge is -2.30. The number of imidazole rings is 1. The molecule has 3 aromatic rings. The quantitative estimate of drug-likeness (QED) is 0.366. The number of fused-ring (bicyclic) bond motifs is 1. The van der Waals surface area contributed by atoms with E-state index in [2.05, 4.69) is 9.71 Å². The third-order valence-corrected chi connectivity index (χ3v) is 9.69. The molecule has 0 saturated heterocycles. The number of anilines is 1. The largest absolute Gasteiger partial charge is 0.337 e. The van der Waals surface area contributed by atoms with Crippen LogP contribution in [0.2, 0.25) is 0 Å². The van der Waals surface area contributed by atoms with Gasteiger partial charge in [-0.25, -0.2) is 26.9 Å². The molecule has 3 aliphatic rings. The van der Waals surface area contributed by atoms with Gasteiger partial charge in [-0.3, -0.25) is 4.79 Å². The molecule has 0 radical (unpaired) electrons. The fraction of sp³-hybridized carbons (Fsp3) is 0.312. The highest BCUT2D eigenvalue weighted by Crippen LogP contribution is 2.42. The van der Waals surface area contributed by atoms with E-state index in [0.29, 0.717) is 23.5 Å². The first-order chi connectivity index (χ1) is 20.0. The minimum absolute atomic E-state index is 0.00975. The van der Waals surface area contributed by atoms with Gasteiger partial charge < -0.3 is 9.47 Å². The molecule has 0 bridgehead atoms. The molecular weight excluding hydrogens is 558 g/mol. The number of alkyl halides is 1. The highest BCUT2D eigenvalue weighted by molar-refractivity contribution is 7.93. The number of nitrogens with one attached hydrogen (secondary N) is 1. The molecule has 6 rings (SSSR count). The highest BCUT2D eigenvalue weighted by atomic mass is 32.2. The summed E-state index contributed by atoms with van der Waals surface area (Å²) in [5.41, 5.74) is 2.35. The van der Waals surface area contributed by atoms with Crippen LogP contribution in [0.15, 0.2) is 89.6 Å². The Hall–Kier alpha value is -3.89. The number of hydrogen-bond donors (Lipinski definition) is 1. The molecule has 0 spiro atoms. The Labute approximate surface area is 244 Å². The number of carbonyl (C=O) groups excluding carboxylic acids is 1. The van der Waals surface area contributed by atoms with Gasteiger partial charge >= 0.3 is 0 Å². The number of halogens is 2. The fourth-order valence-corrected chi connectivity index (χ4v) is 6.94. The summed E-state index contributed by atoms with van der Waals surface area (Å²) in [6.45, 7) is 1.62. The summed E-state index contributed by atoms with van der Waals surface area (Å²) in [6, 6.07) is 11.4. The molecule has 1 heterocycles. The molecule has 42 heavy (non-hydrogen) atoms. The van der Waals surface area contributed by atoms with E-state index in [1.807, 2.05) is 42.1 Å². The van der Waals surface area contributed by atoms with Crippen LogP contribution in [0.4, 0.5) is 14.5 Å². The molecule has 0 saturated carbocycles. The predicted octanol–water partition coefficient (Wildman–Crippen LogP) is 5.69. The number of sulfonamides is 1. The van der Waals surface area contributed by atoms with Gasteiger partial charge in [0, 0.05) is 49.1 Å². The second-order valence-corrected chi connectivity index (χ2v) is 13.1. The first-order valence-electron chi connectivity index (χ1n) is 14.0. The van der Waals surface area contributed by atoms with E-state index in [0.717, 1.165) is 29.5 Å². The van der Waals surface area contributed by atoms with Crippen LogP contribution < -0.4 is 9.62 Å². The highest BCUT2D eigenvalue weighted by Gasteiger charge is 2.37. The van der Waals surface area contributed by atoms with Gasteiger partial charge in [0.1, 0.15) is 17.3 Å². The molecule has 3 aliphatic carbocycles. The van der Waals surface area contributed by atoms with Crippen molar-refractivity contribution in [2.75, 3.05) is 4.90 Å². The predicted molar refractivity (Wildman–Crippen MR) is 157 cm³/mol. The molecule has 10 heteroatoms. The van der Waals surface area contributed by atoms with Crippen LogP contribution in [0.1, 0.15) is 60.7 Å². The van der Waals surface area contributed by atoms with Gasteiger partial charge in [0.15, 0.2) is 0 Å². The van der Waals surface area contributed by atoms with Crippen molar-refractivity contribution >= 4 is 21.6 Å². The Morgan fingerprint density at radius 3 is 2.69 bits per heavy atom. The monoisotopic (exact) mass is 590 g/mol. The van der Waals surface area contributed by atoms with Crippen LogP contribution in [0.3, 0.4) is 0 Å². The molecule has 0 fully saturated rings. The lowest BCUT2D eigenvalue weighted by Crippen LogP contribution is -2.34. The van der Waals surface area contributed by atoms with Gasteiger partial charge in [-0.2, -0.15) is 0 Å². The molecule has 1 N–H and O–H groups in total. The van der Waals surface area contributed by atoms with Crippen molar-refractivity contribution < 1.29 is 22.0 Å². The molecule has 3 unspecified atom stereocenters. The minimum atomic E-state index is -3.89. The van der Waals surface area contributed by atoms with Gasteiger partial charge in [-0.1, -0.05) is 30.4 Å². The molecule has 7 nitrogen and oxygen atoms in total. The smallest absolute Gasteiger partial charge is 0.255 e. The van der Waals surface area contributed by atoms with Crippen LogP contribution in [-0.2, 0) is 34.8 Å². The second-order valence-electron chi connectivity index (χ2n) is 11.4. The number of rotatable bonds is 8. The molecule has 1 aromatic heterocycles. The average molecular weight is 591 g/mol. The lowest BCUT2D eigenvalue weighted by molar-refractivity contribution is -0.115. The zero-order valence-corrected chi connectivity index (χ0v) is 24.2. The summed E-state index contributed by atoms with van der Waals surface area (Å²) < 4.78 is 58.9. The molecule has 218 valence electrons. The molecule has 0 aliphatic heterocycles. The summed E-state index contributed by atoms with van der Waals surface area (Å²) in [5.74, 6) is -0.0254. The topological polar surface area (TPSA) is 84.3 Å². The van der Waals surface area contributed by atoms with E-state index in [9.17, 15) is 22.0 Å². The summed E-state index contributed by atoms with van der Waals surface area (Å²) >= 11 is 0. The SMILES string of the molecule is Cn1ccnc1CN(C(=O)C1=CC1c1ccc(F)cc1)c1ccc2c(c1)C(NS(=O)(=O)C1=CCC(C)(F)C=C1)CCC2. The van der Waals surface area contributed by atoms with E-state index >= 15 is 0 Å². The minimum Gasteiger partial charge on any atom is -0.337 e. The van der Waals surface area contributed by atoms with Gasteiger partial charge in [-0.15, -0.1) is 0 Å². The summed E-state index contributed by atoms with van der Waals surface area (Å²) in [4.78, 5) is 20.1. The number of hydrogen-bond acceptors (Lipinski definition) is 4. The Morgan fingerprint density at radius 1 is 1.21 bits per heavy atom. The van der Waals surface area contributed by atoms with E-state index in [-0.39, 0.29) is 35.5 Å². The number of aryl methyl sites for hydroxylation is 2. The number of amides is 1. The number of nitrogens with zero attached hydrogens (tertiary/aromatic N) is 3. The molecular formula is C32H32F2N4O3S. The van der Waals surface area contributed by atoms with Gasteiger partial charge in [0.2, 0.25) is 10.0 Å². The van der Waals surface area contributed by atoms with E-state index in [4.69, 9.17) is 0 Å². The maximum Gasteiger partial charge on any atom is 0.255 e. The zero-order chi connectivity index (χ0) is 29.6. The fourth-order valence-electron chi connectivity index (χ4n) is 5.63. The van der Waals surface area contributed by atoms with E-state index in [1.165, 1.54) is 37.3 Å². The normalized spacial score (nSPS) is 23.1. The third-order valence-electron chi connectivity index (χ3n) is 8.17. The van der Waals surface area contributed by atoms with Gasteiger partial charge in [0.25, 0.3) is 5.91 Å². The van der Waals surface area contributed by atoms with E-state index < -0.39 is 21.7 Å². The van der Waals surface area contributed by atoms with E-state index in [1.54, 1.807) is 23.2 Å². The van der Waals surface area contributed by atoms with Crippen LogP contribution >= 0.6 is 0 Å². The summed E-state index contributed by atoms with van der Waals surface area (Å²) in [5, 5.41) is 0. The number of benzene rings is 2. The van der Waals surface area contributed by atoms with Crippen molar-refractivity contribution in [3.05, 3.63) is 118 Å². The summed E-state index contributed by atoms with van der Waals surface area (Å²) in [7, 11) is -2.03. The lowest BCUT2D eigenvalue weighted by atomic mass is 9.87. The maximum absolute atomic E-state index is 14.2. The van der Waals surface area contributed by atoms with Crippen LogP contribution in [0.5, 0.6) is 0 Å². The molecule has 2 aromatic carbocycles. The van der Waals surface area contributed by atoms with Crippen molar-refractivity contribution in [3.8, 4) is 0 Å². The Morgan fingerprint density at radius 2 is 2.00 bits per heavy atom. The average Bonchev–Trinajstić information content (AvgIpc) is 3.65. The van der Waals surface area contributed by atoms with Crippen LogP contribution in [0.25, 0.3) is 0 Å². The van der Waals surface area contributed by atoms with Crippen molar-refractivity contribution in [1.82, 2.24) is 14.3 Å². The number of carbonyl (C=O) groups is 1. The standard InChI is InChI=1S/C32H32F2N4O3S/c1-32(34)14-12-25(13-15-32)42(40,41)36-29-5-3-4-21-8-11-24(18-27(21)29)38(20-30-35-16-17-37(30)2)31(39)28-19-26(28)22-6-9-23(33)10-7-22/h6-14,16-19,26,29,36H,3-5,15,20H2,1-2H3. The number of aromatic nitrogens is 2. The van der Waals surface area contributed by atoms with Crippen molar-refractivity contribution in [2.24, 2.45) is 7.05 Å². The van der Waals surface area contributed by atoms with Crippen molar-refractivity contribution in [2.45, 2.75) is 56.8 Å². The first kappa shape index (κ1) is 28.2. The third kappa shape index (κ3) is 5.73. The summed E-state index contributed by atoms with van der Waals surface area (Å²) in [6.07, 6.45) is 11.5. The maximum atomic E-state index is 14.2. The van der Waals surface area contributed by atoms with Crippen LogP contribution in [0, 0.1) is 5.82 Å². The van der Waals surface area contributed by atoms with Gasteiger partial charge in [0.05, 0.1) is 11.4 Å². The van der Waals surface area contributed by atoms with Crippen molar-refractivity contribution in [1.29, 1.82) is 0 Å². The Kier molecular flexibility index (Phi) is 7.22. The zero-order valence-electron chi connectivity index (χ0n) is 23.4. The van der Waals surface area contributed by atoms with Gasteiger partial charge in [-0.05, 0) is 79.3 Å². The first-order valence-corrected chi connectivity index (χ1v) is 15.5. The molecule has 3 atom stereocenters. The Bertz CT molecular complexity index is 1740.